The maximum absolute atomic E-state index is 4.20. The fourth-order valence-corrected chi connectivity index (χ4v) is 0.963. The molecular formula is C10H14N2. The second-order valence-corrected chi connectivity index (χ2v) is 2.67. The molecule has 1 aromatic rings. The molecule has 0 atom stereocenters. The number of hydrogen-bond acceptors (Lipinski definition) is 2. The summed E-state index contributed by atoms with van der Waals surface area (Å²) < 4.78 is 0. The van der Waals surface area contributed by atoms with E-state index in [4.69, 9.17) is 0 Å². The third kappa shape index (κ3) is 2.38. The van der Waals surface area contributed by atoms with Gasteiger partial charge in [-0.1, -0.05) is 12.1 Å². The Kier molecular flexibility index (Phi) is 3.33. The van der Waals surface area contributed by atoms with Crippen LogP contribution < -0.4 is 5.32 Å². The topological polar surface area (TPSA) is 24.9 Å². The molecule has 0 saturated carbocycles. The van der Waals surface area contributed by atoms with Gasteiger partial charge in [-0.15, -0.1) is 6.58 Å². The van der Waals surface area contributed by atoms with Crippen molar-refractivity contribution in [2.45, 2.75) is 13.3 Å². The molecule has 64 valence electrons. The van der Waals surface area contributed by atoms with E-state index in [9.17, 15) is 0 Å². The van der Waals surface area contributed by atoms with E-state index in [0.717, 1.165) is 18.8 Å². The highest BCUT2D eigenvalue weighted by Crippen LogP contribution is 2.08. The lowest BCUT2D eigenvalue weighted by Gasteiger charge is -2.05. The minimum absolute atomic E-state index is 0.904. The Morgan fingerprint density at radius 2 is 2.50 bits per heavy atom. The van der Waals surface area contributed by atoms with Crippen molar-refractivity contribution in [2.75, 3.05) is 11.9 Å². The number of pyridine rings is 1. The van der Waals surface area contributed by atoms with Crippen LogP contribution in [0.2, 0.25) is 0 Å². The Labute approximate surface area is 73.3 Å². The van der Waals surface area contributed by atoms with Crippen molar-refractivity contribution in [1.29, 1.82) is 0 Å². The Hall–Kier alpha value is -1.31. The second-order valence-electron chi connectivity index (χ2n) is 2.67. The summed E-state index contributed by atoms with van der Waals surface area (Å²) >= 11 is 0. The standard InChI is InChI=1S/C10H14N2/c1-3-4-7-11-10-9(2)6-5-8-12-10/h3,5-6,8H,1,4,7H2,2H3,(H,11,12). The summed E-state index contributed by atoms with van der Waals surface area (Å²) in [6.45, 7) is 6.60. The molecule has 0 aromatic carbocycles. The minimum atomic E-state index is 0.904. The number of hydrogen-bond donors (Lipinski definition) is 1. The van der Waals surface area contributed by atoms with E-state index in [0.29, 0.717) is 0 Å². The predicted molar refractivity (Wildman–Crippen MR) is 52.3 cm³/mol. The van der Waals surface area contributed by atoms with Crippen LogP contribution in [0.25, 0.3) is 0 Å². The van der Waals surface area contributed by atoms with Gasteiger partial charge < -0.3 is 5.32 Å². The fraction of sp³-hybridized carbons (Fsp3) is 0.300. The maximum Gasteiger partial charge on any atom is 0.128 e. The van der Waals surface area contributed by atoms with Gasteiger partial charge in [0, 0.05) is 12.7 Å². The van der Waals surface area contributed by atoms with Crippen molar-refractivity contribution in [3.8, 4) is 0 Å². The summed E-state index contributed by atoms with van der Waals surface area (Å²) in [7, 11) is 0. The van der Waals surface area contributed by atoms with Gasteiger partial charge in [-0.3, -0.25) is 0 Å². The summed E-state index contributed by atoms with van der Waals surface area (Å²) in [6, 6.07) is 3.98. The van der Waals surface area contributed by atoms with Crippen molar-refractivity contribution in [3.05, 3.63) is 36.5 Å². The highest BCUT2D eigenvalue weighted by molar-refractivity contribution is 5.42. The van der Waals surface area contributed by atoms with E-state index in [-0.39, 0.29) is 0 Å². The Balaban J connectivity index is 2.51. The molecule has 0 aliphatic heterocycles. The van der Waals surface area contributed by atoms with Gasteiger partial charge in [0.05, 0.1) is 0 Å². The Bertz CT molecular complexity index is 256. The molecule has 1 aromatic heterocycles. The molecule has 2 nitrogen and oxygen atoms in total. The molecular weight excluding hydrogens is 148 g/mol. The molecule has 1 heterocycles. The van der Waals surface area contributed by atoms with Crippen molar-refractivity contribution in [1.82, 2.24) is 4.98 Å². The molecule has 0 amide bonds. The van der Waals surface area contributed by atoms with Gasteiger partial charge in [0.2, 0.25) is 0 Å². The largest absolute Gasteiger partial charge is 0.370 e. The third-order valence-corrected chi connectivity index (χ3v) is 1.65. The van der Waals surface area contributed by atoms with Gasteiger partial charge in [0.1, 0.15) is 5.82 Å². The molecule has 12 heavy (non-hydrogen) atoms. The molecule has 0 unspecified atom stereocenters. The third-order valence-electron chi connectivity index (χ3n) is 1.65. The van der Waals surface area contributed by atoms with Crippen molar-refractivity contribution in [2.24, 2.45) is 0 Å². The molecule has 0 aliphatic carbocycles. The molecule has 0 bridgehead atoms. The summed E-state index contributed by atoms with van der Waals surface area (Å²) in [4.78, 5) is 4.20. The quantitative estimate of drug-likeness (QED) is 0.543. The average Bonchev–Trinajstić information content (AvgIpc) is 2.09. The Morgan fingerprint density at radius 3 is 3.17 bits per heavy atom. The molecule has 0 saturated heterocycles. The first-order valence-corrected chi connectivity index (χ1v) is 4.11. The zero-order valence-corrected chi connectivity index (χ0v) is 7.38. The van der Waals surface area contributed by atoms with Gasteiger partial charge in [0.15, 0.2) is 0 Å². The number of nitrogens with zero attached hydrogens (tertiary/aromatic N) is 1. The van der Waals surface area contributed by atoms with E-state index in [1.807, 2.05) is 25.1 Å². The van der Waals surface area contributed by atoms with Crippen molar-refractivity contribution >= 4 is 5.82 Å². The predicted octanol–water partition coefficient (Wildman–Crippen LogP) is 2.38. The van der Waals surface area contributed by atoms with E-state index < -0.39 is 0 Å². The first kappa shape index (κ1) is 8.78. The van der Waals surface area contributed by atoms with Crippen LogP contribution in [0.1, 0.15) is 12.0 Å². The number of nitrogens with one attached hydrogen (secondary N) is 1. The van der Waals surface area contributed by atoms with Gasteiger partial charge >= 0.3 is 0 Å². The molecule has 1 N–H and O–H groups in total. The van der Waals surface area contributed by atoms with Crippen molar-refractivity contribution in [3.63, 3.8) is 0 Å². The van der Waals surface area contributed by atoms with Crippen LogP contribution in [-0.4, -0.2) is 11.5 Å². The lowest BCUT2D eigenvalue weighted by Crippen LogP contribution is -2.03. The molecule has 0 fully saturated rings. The molecule has 0 aliphatic rings. The Morgan fingerprint density at radius 1 is 1.67 bits per heavy atom. The molecule has 1 rings (SSSR count). The molecule has 0 radical (unpaired) electrons. The molecule has 2 heteroatoms. The van der Waals surface area contributed by atoms with Gasteiger partial charge in [-0.25, -0.2) is 4.98 Å². The summed E-state index contributed by atoms with van der Waals surface area (Å²) in [6.07, 6.45) is 4.66. The lowest BCUT2D eigenvalue weighted by molar-refractivity contribution is 1.04. The monoisotopic (exact) mass is 162 g/mol. The van der Waals surface area contributed by atoms with Crippen LogP contribution in [0, 0.1) is 6.92 Å². The van der Waals surface area contributed by atoms with E-state index in [1.54, 1.807) is 6.20 Å². The number of aromatic nitrogens is 1. The number of anilines is 1. The maximum atomic E-state index is 4.20. The van der Waals surface area contributed by atoms with Gasteiger partial charge in [-0.05, 0) is 25.0 Å². The number of rotatable bonds is 4. The smallest absolute Gasteiger partial charge is 0.128 e. The van der Waals surface area contributed by atoms with Crippen LogP contribution in [0.3, 0.4) is 0 Å². The van der Waals surface area contributed by atoms with Crippen molar-refractivity contribution < 1.29 is 0 Å². The minimum Gasteiger partial charge on any atom is -0.370 e. The lowest BCUT2D eigenvalue weighted by atomic mass is 10.3. The van der Waals surface area contributed by atoms with E-state index in [2.05, 4.69) is 16.9 Å². The zero-order valence-electron chi connectivity index (χ0n) is 7.38. The SMILES string of the molecule is C=CCCNc1ncccc1C. The normalized spacial score (nSPS) is 9.42. The first-order chi connectivity index (χ1) is 5.84. The van der Waals surface area contributed by atoms with Gasteiger partial charge in [-0.2, -0.15) is 0 Å². The highest BCUT2D eigenvalue weighted by Gasteiger charge is 1.94. The second kappa shape index (κ2) is 4.54. The highest BCUT2D eigenvalue weighted by atomic mass is 15.0. The van der Waals surface area contributed by atoms with Gasteiger partial charge in [0.25, 0.3) is 0 Å². The summed E-state index contributed by atoms with van der Waals surface area (Å²) in [5, 5.41) is 3.23. The van der Waals surface area contributed by atoms with Crippen LogP contribution in [0.15, 0.2) is 31.0 Å². The van der Waals surface area contributed by atoms with E-state index >= 15 is 0 Å². The average molecular weight is 162 g/mol. The zero-order chi connectivity index (χ0) is 8.81. The molecule has 0 spiro atoms. The van der Waals surface area contributed by atoms with Crippen LogP contribution >= 0.6 is 0 Å². The summed E-state index contributed by atoms with van der Waals surface area (Å²) in [5.74, 6) is 0.972. The first-order valence-electron chi connectivity index (χ1n) is 4.11. The van der Waals surface area contributed by atoms with Crippen LogP contribution in [-0.2, 0) is 0 Å². The fourth-order valence-electron chi connectivity index (χ4n) is 0.963. The summed E-state index contributed by atoms with van der Waals surface area (Å²) in [5.41, 5.74) is 1.18. The number of aryl methyl sites for hydroxylation is 1. The van der Waals surface area contributed by atoms with Crippen LogP contribution in [0.4, 0.5) is 5.82 Å². The van der Waals surface area contributed by atoms with E-state index in [1.165, 1.54) is 5.56 Å². The van der Waals surface area contributed by atoms with Crippen LogP contribution in [0.5, 0.6) is 0 Å².